The fourth-order valence-electron chi connectivity index (χ4n) is 6.36. The molecule has 1 amide bonds. The van der Waals surface area contributed by atoms with Gasteiger partial charge in [-0.05, 0) is 31.3 Å². The molecule has 0 bridgehead atoms. The third kappa shape index (κ3) is 5.44. The number of likely N-dealkylation sites (N-methyl/N-ethyl adjacent to an activating group) is 1. The van der Waals surface area contributed by atoms with E-state index in [0.29, 0.717) is 39.0 Å². The molecule has 0 radical (unpaired) electrons. The molecule has 3 aliphatic heterocycles. The number of alkyl halides is 1. The summed E-state index contributed by atoms with van der Waals surface area (Å²) in [7, 11) is 1.89. The van der Waals surface area contributed by atoms with Crippen molar-refractivity contribution in [1.29, 1.82) is 5.26 Å². The van der Waals surface area contributed by atoms with Gasteiger partial charge in [0.15, 0.2) is 0 Å². The number of fused-ring (bicyclic) bond motifs is 2. The Morgan fingerprint density at radius 1 is 1.10 bits per heavy atom. The SMILES string of the molecule is CN1C[C@H](F)C[C@H]1COc1nc2c(c(N3CCN(C(=O)O)C(CC#N)C3)n1)CCN(c1cccc3ccccc13)C2. The second kappa shape index (κ2) is 11.4. The maximum atomic E-state index is 14.0. The monoisotopic (exact) mass is 559 g/mol. The molecular weight excluding hydrogens is 525 g/mol. The number of hydrogen-bond donors (Lipinski definition) is 1. The van der Waals surface area contributed by atoms with Crippen molar-refractivity contribution in [3.63, 3.8) is 0 Å². The number of piperazine rings is 1. The predicted molar refractivity (Wildman–Crippen MR) is 153 cm³/mol. The first-order valence-electron chi connectivity index (χ1n) is 14.1. The minimum absolute atomic E-state index is 0.0561. The van der Waals surface area contributed by atoms with Gasteiger partial charge in [0.05, 0.1) is 30.8 Å². The number of halogens is 1. The van der Waals surface area contributed by atoms with Crippen LogP contribution in [0.5, 0.6) is 6.01 Å². The molecule has 1 unspecified atom stereocenters. The van der Waals surface area contributed by atoms with E-state index in [2.05, 4.69) is 46.2 Å². The number of hydrogen-bond acceptors (Lipinski definition) is 8. The Hall–Kier alpha value is -4.17. The van der Waals surface area contributed by atoms with Gasteiger partial charge in [-0.1, -0.05) is 36.4 Å². The highest BCUT2D eigenvalue weighted by Crippen LogP contribution is 2.35. The third-order valence-electron chi connectivity index (χ3n) is 8.53. The molecule has 11 heteroatoms. The Balaban J connectivity index is 1.32. The molecule has 2 saturated heterocycles. The number of benzene rings is 2. The molecule has 3 aromatic rings. The maximum Gasteiger partial charge on any atom is 0.407 e. The molecule has 3 atom stereocenters. The number of carboxylic acid groups (broad SMARTS) is 1. The van der Waals surface area contributed by atoms with Crippen LogP contribution in [0.15, 0.2) is 42.5 Å². The van der Waals surface area contributed by atoms with Crippen LogP contribution < -0.4 is 14.5 Å². The van der Waals surface area contributed by atoms with E-state index >= 15 is 0 Å². The summed E-state index contributed by atoms with van der Waals surface area (Å²) < 4.78 is 20.1. The van der Waals surface area contributed by atoms with Gasteiger partial charge in [0.2, 0.25) is 0 Å². The van der Waals surface area contributed by atoms with Crippen LogP contribution in [0.3, 0.4) is 0 Å². The summed E-state index contributed by atoms with van der Waals surface area (Å²) in [6.45, 7) is 3.12. The van der Waals surface area contributed by atoms with Crippen LogP contribution in [0.2, 0.25) is 0 Å². The van der Waals surface area contributed by atoms with Gasteiger partial charge in [-0.15, -0.1) is 0 Å². The molecule has 2 aromatic carbocycles. The average Bonchev–Trinajstić information content (AvgIpc) is 3.31. The number of nitriles is 1. The summed E-state index contributed by atoms with van der Waals surface area (Å²) in [4.78, 5) is 29.2. The largest absolute Gasteiger partial charge is 0.465 e. The smallest absolute Gasteiger partial charge is 0.407 e. The molecule has 0 aliphatic carbocycles. The van der Waals surface area contributed by atoms with Crippen LogP contribution in [0, 0.1) is 11.3 Å². The van der Waals surface area contributed by atoms with Crippen molar-refractivity contribution in [1.82, 2.24) is 19.8 Å². The lowest BCUT2D eigenvalue weighted by Crippen LogP contribution is -2.55. The molecule has 1 aromatic heterocycles. The molecule has 1 N–H and O–H groups in total. The van der Waals surface area contributed by atoms with Crippen molar-refractivity contribution in [3.8, 4) is 12.1 Å². The summed E-state index contributed by atoms with van der Waals surface area (Å²) in [6, 6.07) is 16.5. The van der Waals surface area contributed by atoms with E-state index in [1.165, 1.54) is 15.7 Å². The van der Waals surface area contributed by atoms with Crippen LogP contribution in [-0.4, -0.2) is 95.6 Å². The number of anilines is 2. The van der Waals surface area contributed by atoms with Gasteiger partial charge in [-0.25, -0.2) is 9.18 Å². The zero-order valence-corrected chi connectivity index (χ0v) is 23.1. The van der Waals surface area contributed by atoms with Crippen LogP contribution in [0.25, 0.3) is 10.8 Å². The highest BCUT2D eigenvalue weighted by atomic mass is 19.1. The number of carbonyl (C=O) groups is 1. The van der Waals surface area contributed by atoms with E-state index in [4.69, 9.17) is 14.7 Å². The number of nitrogens with zero attached hydrogens (tertiary/aromatic N) is 7. The van der Waals surface area contributed by atoms with Gasteiger partial charge >= 0.3 is 12.1 Å². The van der Waals surface area contributed by atoms with Gasteiger partial charge in [0.1, 0.15) is 18.6 Å². The zero-order valence-electron chi connectivity index (χ0n) is 23.1. The van der Waals surface area contributed by atoms with Crippen molar-refractivity contribution in [2.75, 3.05) is 56.2 Å². The summed E-state index contributed by atoms with van der Waals surface area (Å²) in [6.07, 6.45) is -0.657. The highest BCUT2D eigenvalue weighted by Gasteiger charge is 2.35. The molecule has 4 heterocycles. The molecule has 0 saturated carbocycles. The number of rotatable bonds is 6. The first-order chi connectivity index (χ1) is 19.9. The topological polar surface area (TPSA) is 109 Å². The molecule has 214 valence electrons. The van der Waals surface area contributed by atoms with Crippen LogP contribution >= 0.6 is 0 Å². The van der Waals surface area contributed by atoms with Gasteiger partial charge in [-0.2, -0.15) is 15.2 Å². The van der Waals surface area contributed by atoms with Crippen molar-refractivity contribution in [2.24, 2.45) is 0 Å². The van der Waals surface area contributed by atoms with E-state index in [9.17, 15) is 19.6 Å². The molecule has 10 nitrogen and oxygen atoms in total. The summed E-state index contributed by atoms with van der Waals surface area (Å²) in [5.41, 5.74) is 3.03. The minimum Gasteiger partial charge on any atom is -0.465 e. The predicted octanol–water partition coefficient (Wildman–Crippen LogP) is 3.70. The Kier molecular flexibility index (Phi) is 7.49. The first kappa shape index (κ1) is 27.0. The highest BCUT2D eigenvalue weighted by molar-refractivity contribution is 5.94. The number of aromatic nitrogens is 2. The van der Waals surface area contributed by atoms with Crippen LogP contribution in [0.4, 0.5) is 20.7 Å². The lowest BCUT2D eigenvalue weighted by Gasteiger charge is -2.41. The molecule has 2 fully saturated rings. The fourth-order valence-corrected chi connectivity index (χ4v) is 6.36. The van der Waals surface area contributed by atoms with E-state index in [1.807, 2.05) is 24.1 Å². The van der Waals surface area contributed by atoms with Gasteiger partial charge in [-0.3, -0.25) is 4.90 Å². The summed E-state index contributed by atoms with van der Waals surface area (Å²) in [5.74, 6) is 0.735. The van der Waals surface area contributed by atoms with Crippen molar-refractivity contribution >= 4 is 28.4 Å². The standard InChI is InChI=1S/C30H34FN7O3/c1-35-16-21(31)15-23(35)19-41-29-33-26-18-36(27-8-4-6-20-5-2-3-7-24(20)27)12-10-25(26)28(34-29)37-13-14-38(30(39)40)22(17-37)9-11-32/h2-8,21-23H,9-10,12-19H2,1H3,(H,39,40)/t21-,22?,23+/m1/s1. The first-order valence-corrected chi connectivity index (χ1v) is 14.1. The van der Waals surface area contributed by atoms with E-state index in [0.717, 1.165) is 29.3 Å². The molecule has 0 spiro atoms. The quantitative estimate of drug-likeness (QED) is 0.484. The third-order valence-corrected chi connectivity index (χ3v) is 8.53. The van der Waals surface area contributed by atoms with Crippen molar-refractivity contribution in [3.05, 3.63) is 53.7 Å². The Morgan fingerprint density at radius 2 is 1.93 bits per heavy atom. The molecule has 3 aliphatic rings. The van der Waals surface area contributed by atoms with Gasteiger partial charge in [0, 0.05) is 55.4 Å². The summed E-state index contributed by atoms with van der Waals surface area (Å²) >= 11 is 0. The molecular formula is C30H34FN7O3. The lowest BCUT2D eigenvalue weighted by molar-refractivity contribution is 0.119. The Labute approximate surface area is 238 Å². The summed E-state index contributed by atoms with van der Waals surface area (Å²) in [5, 5.41) is 21.4. The average molecular weight is 560 g/mol. The lowest BCUT2D eigenvalue weighted by atomic mass is 10.0. The Bertz CT molecular complexity index is 1470. The second-order valence-corrected chi connectivity index (χ2v) is 11.1. The molecule has 41 heavy (non-hydrogen) atoms. The minimum atomic E-state index is -1.02. The normalized spacial score (nSPS) is 23.0. The number of likely N-dealkylation sites (tertiary alicyclic amines) is 1. The zero-order chi connectivity index (χ0) is 28.5. The number of ether oxygens (including phenoxy) is 1. The van der Waals surface area contributed by atoms with E-state index in [1.54, 1.807) is 0 Å². The Morgan fingerprint density at radius 3 is 2.71 bits per heavy atom. The van der Waals surface area contributed by atoms with E-state index in [-0.39, 0.29) is 31.6 Å². The fraction of sp³-hybridized carbons (Fsp3) is 0.467. The second-order valence-electron chi connectivity index (χ2n) is 11.1. The van der Waals surface area contributed by atoms with Crippen molar-refractivity contribution < 1.29 is 19.0 Å². The molecule has 6 rings (SSSR count). The van der Waals surface area contributed by atoms with Gasteiger partial charge < -0.3 is 24.5 Å². The van der Waals surface area contributed by atoms with E-state index < -0.39 is 18.3 Å². The maximum absolute atomic E-state index is 14.0. The van der Waals surface area contributed by atoms with Crippen LogP contribution in [0.1, 0.15) is 24.1 Å². The van der Waals surface area contributed by atoms with Crippen molar-refractivity contribution in [2.45, 2.75) is 44.1 Å². The van der Waals surface area contributed by atoms with Gasteiger partial charge in [0.25, 0.3) is 0 Å². The number of amides is 1. The van der Waals surface area contributed by atoms with Crippen LogP contribution in [-0.2, 0) is 13.0 Å².